The number of fused-ring (bicyclic) bond motifs is 3. The average Bonchev–Trinajstić information content (AvgIpc) is 3.06. The summed E-state index contributed by atoms with van der Waals surface area (Å²) in [6.07, 6.45) is 0.478. The van der Waals surface area contributed by atoms with Crippen molar-refractivity contribution in [1.29, 1.82) is 0 Å². The molecule has 3 heterocycles. The first-order valence-electron chi connectivity index (χ1n) is 9.22. The number of aromatic nitrogens is 2. The van der Waals surface area contributed by atoms with E-state index in [1.807, 2.05) is 12.1 Å². The fourth-order valence-corrected chi connectivity index (χ4v) is 6.03. The quantitative estimate of drug-likeness (QED) is 0.323. The normalized spacial score (nSPS) is 14.7. The van der Waals surface area contributed by atoms with Gasteiger partial charge in [-0.2, -0.15) is 0 Å². The standard InChI is InChI=1S/C20H22ClN3O3S2/c1-23-8-7-14-15(10-23)29-18-17(14)19(25)24(13-6-4-5-12(21)9-13)20(22-18)28-11-16(26-2)27-3/h4-6,9,16H,7-8,10-11H2,1-3H3. The third kappa shape index (κ3) is 4.10. The Morgan fingerprint density at radius 3 is 2.86 bits per heavy atom. The molecule has 0 aliphatic carbocycles. The first-order valence-corrected chi connectivity index (χ1v) is 11.4. The van der Waals surface area contributed by atoms with Crippen molar-refractivity contribution in [3.63, 3.8) is 0 Å². The van der Waals surface area contributed by atoms with Crippen molar-refractivity contribution < 1.29 is 9.47 Å². The van der Waals surface area contributed by atoms with Crippen LogP contribution in [0.3, 0.4) is 0 Å². The van der Waals surface area contributed by atoms with Crippen molar-refractivity contribution in [2.24, 2.45) is 0 Å². The second-order valence-electron chi connectivity index (χ2n) is 6.90. The number of thiophene rings is 1. The molecule has 0 N–H and O–H groups in total. The molecule has 0 spiro atoms. The molecule has 1 aliphatic rings. The molecule has 0 atom stereocenters. The second kappa shape index (κ2) is 8.75. The molecule has 0 saturated heterocycles. The highest BCUT2D eigenvalue weighted by Gasteiger charge is 2.25. The van der Waals surface area contributed by atoms with Crippen LogP contribution < -0.4 is 5.56 Å². The third-order valence-corrected chi connectivity index (χ3v) is 7.29. The maximum atomic E-state index is 13.7. The summed E-state index contributed by atoms with van der Waals surface area (Å²) in [6, 6.07) is 7.30. The van der Waals surface area contributed by atoms with Crippen LogP contribution in [0.2, 0.25) is 5.02 Å². The van der Waals surface area contributed by atoms with Crippen molar-refractivity contribution in [1.82, 2.24) is 14.5 Å². The maximum absolute atomic E-state index is 13.7. The van der Waals surface area contributed by atoms with Gasteiger partial charge in [0.25, 0.3) is 5.56 Å². The number of ether oxygens (including phenoxy) is 2. The molecule has 1 aliphatic heterocycles. The fourth-order valence-electron chi connectivity index (χ4n) is 3.47. The highest BCUT2D eigenvalue weighted by atomic mass is 35.5. The molecule has 0 fully saturated rings. The summed E-state index contributed by atoms with van der Waals surface area (Å²) < 4.78 is 12.3. The first-order chi connectivity index (χ1) is 14.0. The number of nitrogens with zero attached hydrogens (tertiary/aromatic N) is 3. The molecule has 6 nitrogen and oxygen atoms in total. The van der Waals surface area contributed by atoms with Crippen LogP contribution in [0.5, 0.6) is 0 Å². The second-order valence-corrected chi connectivity index (χ2v) is 9.41. The zero-order chi connectivity index (χ0) is 20.5. The topological polar surface area (TPSA) is 56.6 Å². The number of methoxy groups -OCH3 is 2. The summed E-state index contributed by atoms with van der Waals surface area (Å²) in [5, 5.41) is 1.92. The van der Waals surface area contributed by atoms with Gasteiger partial charge in [0.2, 0.25) is 0 Å². The van der Waals surface area contributed by atoms with Gasteiger partial charge in [-0.15, -0.1) is 11.3 Å². The molecule has 4 rings (SSSR count). The highest BCUT2D eigenvalue weighted by molar-refractivity contribution is 7.99. The smallest absolute Gasteiger partial charge is 0.267 e. The Bertz CT molecular complexity index is 1090. The number of rotatable bonds is 6. The number of thioether (sulfide) groups is 1. The highest BCUT2D eigenvalue weighted by Crippen LogP contribution is 2.34. The molecule has 29 heavy (non-hydrogen) atoms. The Hall–Kier alpha value is -1.42. The van der Waals surface area contributed by atoms with Crippen LogP contribution in [0.15, 0.2) is 34.2 Å². The van der Waals surface area contributed by atoms with Gasteiger partial charge in [-0.1, -0.05) is 29.4 Å². The van der Waals surface area contributed by atoms with Crippen molar-refractivity contribution in [2.45, 2.75) is 24.4 Å². The molecule has 154 valence electrons. The Morgan fingerprint density at radius 2 is 2.14 bits per heavy atom. The van der Waals surface area contributed by atoms with E-state index in [0.717, 1.165) is 35.3 Å². The summed E-state index contributed by atoms with van der Waals surface area (Å²) in [5.41, 5.74) is 1.80. The number of hydrogen-bond acceptors (Lipinski definition) is 7. The number of benzene rings is 1. The van der Waals surface area contributed by atoms with Crippen molar-refractivity contribution in [3.8, 4) is 5.69 Å². The van der Waals surface area contributed by atoms with Crippen molar-refractivity contribution >= 4 is 44.9 Å². The van der Waals surface area contributed by atoms with E-state index in [-0.39, 0.29) is 11.8 Å². The summed E-state index contributed by atoms with van der Waals surface area (Å²) in [6.45, 7) is 1.79. The van der Waals surface area contributed by atoms with E-state index in [0.29, 0.717) is 21.6 Å². The Balaban J connectivity index is 1.90. The van der Waals surface area contributed by atoms with E-state index in [1.54, 1.807) is 42.3 Å². The zero-order valence-electron chi connectivity index (χ0n) is 16.5. The molecule has 0 bridgehead atoms. The third-order valence-electron chi connectivity index (χ3n) is 4.98. The molecule has 9 heteroatoms. The molecule has 0 amide bonds. The minimum atomic E-state index is -0.384. The predicted octanol–water partition coefficient (Wildman–Crippen LogP) is 3.80. The van der Waals surface area contributed by atoms with Crippen molar-refractivity contribution in [2.75, 3.05) is 33.6 Å². The number of likely N-dealkylation sites (N-methyl/N-ethyl adjacent to an activating group) is 1. The summed E-state index contributed by atoms with van der Waals surface area (Å²) in [4.78, 5) is 22.8. The van der Waals surface area contributed by atoms with Crippen LogP contribution >= 0.6 is 34.7 Å². The van der Waals surface area contributed by atoms with E-state index < -0.39 is 0 Å². The van der Waals surface area contributed by atoms with Crippen molar-refractivity contribution in [3.05, 3.63) is 50.1 Å². The number of hydrogen-bond donors (Lipinski definition) is 0. The van der Waals surface area contributed by atoms with E-state index in [1.165, 1.54) is 16.6 Å². The van der Waals surface area contributed by atoms with Crippen LogP contribution in [-0.2, 0) is 22.4 Å². The van der Waals surface area contributed by atoms with Crippen LogP contribution in [0, 0.1) is 0 Å². The van der Waals surface area contributed by atoms with Gasteiger partial charge < -0.3 is 14.4 Å². The Kier molecular flexibility index (Phi) is 6.29. The summed E-state index contributed by atoms with van der Waals surface area (Å²) in [5.74, 6) is 0.513. The molecule has 0 saturated carbocycles. The van der Waals surface area contributed by atoms with Gasteiger partial charge in [0, 0.05) is 37.2 Å². The molecular weight excluding hydrogens is 430 g/mol. The lowest BCUT2D eigenvalue weighted by Crippen LogP contribution is -2.27. The van der Waals surface area contributed by atoms with E-state index in [4.69, 9.17) is 26.1 Å². The zero-order valence-corrected chi connectivity index (χ0v) is 18.9. The minimum absolute atomic E-state index is 0.0480. The van der Waals surface area contributed by atoms with Gasteiger partial charge in [-0.25, -0.2) is 4.98 Å². The SMILES string of the molecule is COC(CSc1nc2sc3c(c2c(=O)n1-c1cccc(Cl)c1)CCN(C)C3)OC. The van der Waals surface area contributed by atoms with E-state index >= 15 is 0 Å². The van der Waals surface area contributed by atoms with Gasteiger partial charge in [0.15, 0.2) is 11.4 Å². The monoisotopic (exact) mass is 451 g/mol. The number of halogens is 1. The van der Waals surface area contributed by atoms with Crippen LogP contribution in [0.1, 0.15) is 10.4 Å². The summed E-state index contributed by atoms with van der Waals surface area (Å²) in [7, 11) is 5.29. The van der Waals surface area contributed by atoms with Gasteiger partial charge in [0.05, 0.1) is 16.8 Å². The maximum Gasteiger partial charge on any atom is 0.267 e. The van der Waals surface area contributed by atoms with Gasteiger partial charge >= 0.3 is 0 Å². The lowest BCUT2D eigenvalue weighted by atomic mass is 10.1. The fraction of sp³-hybridized carbons (Fsp3) is 0.400. The molecule has 1 aromatic carbocycles. The lowest BCUT2D eigenvalue weighted by Gasteiger charge is -2.21. The average molecular weight is 452 g/mol. The Labute approximate surface area is 182 Å². The largest absolute Gasteiger partial charge is 0.355 e. The predicted molar refractivity (Wildman–Crippen MR) is 119 cm³/mol. The van der Waals surface area contributed by atoms with E-state index in [9.17, 15) is 4.79 Å². The first kappa shape index (κ1) is 20.8. The van der Waals surface area contributed by atoms with Gasteiger partial charge in [-0.05, 0) is 37.2 Å². The molecule has 3 aromatic rings. The van der Waals surface area contributed by atoms with Crippen LogP contribution in [0.4, 0.5) is 0 Å². The Morgan fingerprint density at radius 1 is 1.34 bits per heavy atom. The molecule has 2 aromatic heterocycles. The molecule has 0 unspecified atom stereocenters. The van der Waals surface area contributed by atoms with Gasteiger partial charge in [0.1, 0.15) is 4.83 Å². The van der Waals surface area contributed by atoms with Crippen LogP contribution in [-0.4, -0.2) is 54.3 Å². The molecular formula is C20H22ClN3O3S2. The van der Waals surface area contributed by atoms with E-state index in [2.05, 4.69) is 11.9 Å². The summed E-state index contributed by atoms with van der Waals surface area (Å²) >= 11 is 9.27. The minimum Gasteiger partial charge on any atom is -0.355 e. The van der Waals surface area contributed by atoms with Gasteiger partial charge in [-0.3, -0.25) is 9.36 Å². The van der Waals surface area contributed by atoms with Crippen LogP contribution in [0.25, 0.3) is 15.9 Å². The molecule has 0 radical (unpaired) electrons. The lowest BCUT2D eigenvalue weighted by molar-refractivity contribution is -0.0842.